The van der Waals surface area contributed by atoms with Crippen LogP contribution in [0.15, 0.2) is 0 Å². The van der Waals surface area contributed by atoms with Gasteiger partial charge < -0.3 is 10.5 Å². The molecule has 0 heterocycles. The number of esters is 1. The van der Waals surface area contributed by atoms with Crippen LogP contribution in [-0.4, -0.2) is 19.1 Å². The van der Waals surface area contributed by atoms with Crippen molar-refractivity contribution in [3.05, 3.63) is 0 Å². The van der Waals surface area contributed by atoms with E-state index in [9.17, 15) is 4.79 Å². The molecule has 0 aromatic carbocycles. The van der Waals surface area contributed by atoms with Crippen LogP contribution in [0.5, 0.6) is 0 Å². The molecular formula is C5H12NO2+. The molecule has 0 aliphatic carbocycles. The Morgan fingerprint density at radius 2 is 2.38 bits per heavy atom. The third-order valence-corrected chi connectivity index (χ3v) is 0.743. The van der Waals surface area contributed by atoms with Crippen molar-refractivity contribution in [1.29, 1.82) is 0 Å². The lowest BCUT2D eigenvalue weighted by Gasteiger charge is -1.97. The summed E-state index contributed by atoms with van der Waals surface area (Å²) in [5.74, 6) is -0.187. The van der Waals surface area contributed by atoms with Crippen LogP contribution in [0.4, 0.5) is 0 Å². The zero-order valence-electron chi connectivity index (χ0n) is 5.31. The lowest BCUT2D eigenvalue weighted by Crippen LogP contribution is -2.59. The van der Waals surface area contributed by atoms with Gasteiger partial charge in [0.05, 0.1) is 19.6 Å². The number of hydrogen-bond donors (Lipinski definition) is 1. The lowest BCUT2D eigenvalue weighted by atomic mass is 10.3. The highest BCUT2D eigenvalue weighted by molar-refractivity contribution is 5.69. The molecule has 3 N–H and O–H groups in total. The number of carbonyl (C=O) groups excluding carboxylic acids is 1. The molecule has 8 heavy (non-hydrogen) atoms. The second-order valence-electron chi connectivity index (χ2n) is 1.89. The predicted molar refractivity (Wildman–Crippen MR) is 29.0 cm³/mol. The number of hydrogen-bond acceptors (Lipinski definition) is 2. The Bertz CT molecular complexity index is 80.5. The Kier molecular flexibility index (Phi) is 3.19. The van der Waals surface area contributed by atoms with E-state index in [0.29, 0.717) is 6.42 Å². The minimum atomic E-state index is -0.187. The molecule has 0 saturated heterocycles. The normalized spacial score (nSPS) is 12.9. The van der Waals surface area contributed by atoms with E-state index in [-0.39, 0.29) is 12.0 Å². The van der Waals surface area contributed by atoms with E-state index in [0.717, 1.165) is 0 Å². The van der Waals surface area contributed by atoms with Gasteiger partial charge in [0.2, 0.25) is 0 Å². The zero-order chi connectivity index (χ0) is 6.57. The second-order valence-corrected chi connectivity index (χ2v) is 1.89. The number of carbonyl (C=O) groups is 1. The van der Waals surface area contributed by atoms with Crippen LogP contribution in [0.1, 0.15) is 13.3 Å². The molecule has 3 nitrogen and oxygen atoms in total. The van der Waals surface area contributed by atoms with Gasteiger partial charge in [0.1, 0.15) is 0 Å². The maximum atomic E-state index is 10.4. The zero-order valence-corrected chi connectivity index (χ0v) is 5.31. The molecular weight excluding hydrogens is 106 g/mol. The first-order valence-corrected chi connectivity index (χ1v) is 2.56. The van der Waals surface area contributed by atoms with Crippen LogP contribution in [0.2, 0.25) is 0 Å². The topological polar surface area (TPSA) is 53.9 Å². The molecule has 0 amide bonds. The summed E-state index contributed by atoms with van der Waals surface area (Å²) in [4.78, 5) is 10.4. The van der Waals surface area contributed by atoms with E-state index >= 15 is 0 Å². The molecule has 0 aromatic rings. The van der Waals surface area contributed by atoms with Gasteiger partial charge in [-0.05, 0) is 6.92 Å². The minimum absolute atomic E-state index is 0.155. The molecule has 0 spiro atoms. The molecule has 0 unspecified atom stereocenters. The summed E-state index contributed by atoms with van der Waals surface area (Å²) in [5.41, 5.74) is 3.63. The van der Waals surface area contributed by atoms with Crippen molar-refractivity contribution in [3.63, 3.8) is 0 Å². The highest BCUT2D eigenvalue weighted by atomic mass is 16.5. The van der Waals surface area contributed by atoms with Crippen LogP contribution in [0, 0.1) is 0 Å². The molecule has 48 valence electrons. The van der Waals surface area contributed by atoms with Gasteiger partial charge in [-0.2, -0.15) is 0 Å². The third kappa shape index (κ3) is 3.61. The van der Waals surface area contributed by atoms with E-state index in [1.54, 1.807) is 0 Å². The number of ether oxygens (including phenoxy) is 1. The van der Waals surface area contributed by atoms with Crippen molar-refractivity contribution in [2.24, 2.45) is 0 Å². The fourth-order valence-corrected chi connectivity index (χ4v) is 0.368. The van der Waals surface area contributed by atoms with Crippen LogP contribution in [0.25, 0.3) is 0 Å². The van der Waals surface area contributed by atoms with Crippen LogP contribution in [0.3, 0.4) is 0 Å². The maximum absolute atomic E-state index is 10.4. The second kappa shape index (κ2) is 3.43. The lowest BCUT2D eigenvalue weighted by molar-refractivity contribution is -0.413. The van der Waals surface area contributed by atoms with Gasteiger partial charge in [-0.1, -0.05) is 0 Å². The van der Waals surface area contributed by atoms with Crippen molar-refractivity contribution in [1.82, 2.24) is 0 Å². The molecule has 0 rings (SSSR count). The smallest absolute Gasteiger partial charge is 0.311 e. The SMILES string of the molecule is COC(=O)C[C@@H](C)[NH3+]. The standard InChI is InChI=1S/C5H11NO2/c1-4(6)3-5(7)8-2/h4H,3,6H2,1-2H3/p+1/t4-/m1/s1. The summed E-state index contributed by atoms with van der Waals surface area (Å²) in [7, 11) is 1.38. The summed E-state index contributed by atoms with van der Waals surface area (Å²) < 4.78 is 4.38. The molecule has 1 atom stereocenters. The van der Waals surface area contributed by atoms with Crippen molar-refractivity contribution in [2.75, 3.05) is 7.11 Å². The van der Waals surface area contributed by atoms with Gasteiger partial charge in [0.15, 0.2) is 0 Å². The largest absolute Gasteiger partial charge is 0.469 e. The van der Waals surface area contributed by atoms with E-state index in [1.165, 1.54) is 7.11 Å². The van der Waals surface area contributed by atoms with Gasteiger partial charge in [0, 0.05) is 0 Å². The van der Waals surface area contributed by atoms with Gasteiger partial charge in [-0.15, -0.1) is 0 Å². The monoisotopic (exact) mass is 118 g/mol. The Balaban J connectivity index is 3.25. The van der Waals surface area contributed by atoms with Gasteiger partial charge in [-0.3, -0.25) is 4.79 Å². The number of quaternary nitrogens is 1. The van der Waals surface area contributed by atoms with Gasteiger partial charge in [-0.25, -0.2) is 0 Å². The highest BCUT2D eigenvalue weighted by Gasteiger charge is 2.04. The Hall–Kier alpha value is -0.570. The first-order valence-electron chi connectivity index (χ1n) is 2.56. The molecule has 0 aliphatic rings. The summed E-state index contributed by atoms with van der Waals surface area (Å²) >= 11 is 0. The summed E-state index contributed by atoms with van der Waals surface area (Å²) in [6.45, 7) is 1.87. The minimum Gasteiger partial charge on any atom is -0.469 e. The van der Waals surface area contributed by atoms with Gasteiger partial charge >= 0.3 is 5.97 Å². The average Bonchev–Trinajstić information content (AvgIpc) is 1.65. The quantitative estimate of drug-likeness (QED) is 0.482. The maximum Gasteiger partial charge on any atom is 0.311 e. The van der Waals surface area contributed by atoms with E-state index < -0.39 is 0 Å². The van der Waals surface area contributed by atoms with Crippen molar-refractivity contribution in [3.8, 4) is 0 Å². The summed E-state index contributed by atoms with van der Waals surface area (Å²) in [5, 5.41) is 0. The molecule has 0 bridgehead atoms. The fraction of sp³-hybridized carbons (Fsp3) is 0.800. The first-order chi connectivity index (χ1) is 3.66. The highest BCUT2D eigenvalue weighted by Crippen LogP contribution is 1.84. The Morgan fingerprint density at radius 3 is 2.50 bits per heavy atom. The van der Waals surface area contributed by atoms with E-state index in [1.807, 2.05) is 6.92 Å². The van der Waals surface area contributed by atoms with Gasteiger partial charge in [0.25, 0.3) is 0 Å². The molecule has 0 saturated carbocycles. The van der Waals surface area contributed by atoms with E-state index in [2.05, 4.69) is 10.5 Å². The molecule has 0 aliphatic heterocycles. The molecule has 3 heteroatoms. The molecule has 0 aromatic heterocycles. The van der Waals surface area contributed by atoms with Crippen molar-refractivity contribution < 1.29 is 15.3 Å². The van der Waals surface area contributed by atoms with E-state index in [4.69, 9.17) is 0 Å². The summed E-state index contributed by atoms with van der Waals surface area (Å²) in [6.07, 6.45) is 0.413. The number of methoxy groups -OCH3 is 1. The fourth-order valence-electron chi connectivity index (χ4n) is 0.368. The average molecular weight is 118 g/mol. The predicted octanol–water partition coefficient (Wildman–Crippen LogP) is -0.820. The molecule has 0 radical (unpaired) electrons. The number of rotatable bonds is 2. The molecule has 0 fully saturated rings. The first kappa shape index (κ1) is 7.43. The third-order valence-electron chi connectivity index (χ3n) is 0.743. The Labute approximate surface area is 48.8 Å². The summed E-state index contributed by atoms with van der Waals surface area (Å²) in [6, 6.07) is 0.155. The van der Waals surface area contributed by atoms with Crippen molar-refractivity contribution in [2.45, 2.75) is 19.4 Å². The van der Waals surface area contributed by atoms with Crippen LogP contribution in [-0.2, 0) is 9.53 Å². The van der Waals surface area contributed by atoms with Crippen LogP contribution >= 0.6 is 0 Å². The Morgan fingerprint density at radius 1 is 1.88 bits per heavy atom. The van der Waals surface area contributed by atoms with Crippen LogP contribution < -0.4 is 5.73 Å². The van der Waals surface area contributed by atoms with Crippen molar-refractivity contribution >= 4 is 5.97 Å².